The van der Waals surface area contributed by atoms with Gasteiger partial charge in [-0.3, -0.25) is 4.90 Å². The van der Waals surface area contributed by atoms with Crippen LogP contribution in [0.1, 0.15) is 16.7 Å². The zero-order chi connectivity index (χ0) is 18.8. The highest BCUT2D eigenvalue weighted by atomic mass is 35.5. The van der Waals surface area contributed by atoms with Gasteiger partial charge in [0.2, 0.25) is 0 Å². The number of halogens is 1. The number of nitriles is 1. The molecule has 0 spiro atoms. The van der Waals surface area contributed by atoms with Crippen molar-refractivity contribution in [3.63, 3.8) is 0 Å². The standard InChI is InChI=1S/C21H21ClN4S/c1-15-2-3-16(6-7-23)12-17(15)14-25-8-10-26(11-9-25)21-24-19-5-4-18(22)13-20(19)27-21/h2-5,12-13H,6,8-11,14H2,1H3. The molecule has 0 saturated carbocycles. The Hall–Kier alpha value is -2.13. The number of fused-ring (bicyclic) bond motifs is 1. The topological polar surface area (TPSA) is 43.2 Å². The molecule has 0 N–H and O–H groups in total. The largest absolute Gasteiger partial charge is 0.345 e. The van der Waals surface area contributed by atoms with E-state index in [1.54, 1.807) is 11.3 Å². The minimum Gasteiger partial charge on any atom is -0.345 e. The molecule has 1 saturated heterocycles. The van der Waals surface area contributed by atoms with Crippen LogP contribution in [0.4, 0.5) is 5.13 Å². The number of hydrogen-bond donors (Lipinski definition) is 0. The number of piperazine rings is 1. The summed E-state index contributed by atoms with van der Waals surface area (Å²) in [6, 6.07) is 14.5. The summed E-state index contributed by atoms with van der Waals surface area (Å²) >= 11 is 7.81. The number of benzene rings is 2. The van der Waals surface area contributed by atoms with Crippen molar-refractivity contribution in [3.05, 3.63) is 58.1 Å². The summed E-state index contributed by atoms with van der Waals surface area (Å²) in [5, 5.41) is 10.8. The van der Waals surface area contributed by atoms with Gasteiger partial charge in [0, 0.05) is 37.7 Å². The molecule has 0 amide bonds. The van der Waals surface area contributed by atoms with Gasteiger partial charge in [0.25, 0.3) is 0 Å². The minimum atomic E-state index is 0.475. The Morgan fingerprint density at radius 3 is 2.74 bits per heavy atom. The molecule has 27 heavy (non-hydrogen) atoms. The SMILES string of the molecule is Cc1ccc(CC#N)cc1CN1CCN(c2nc3ccc(Cl)cc3s2)CC1. The number of anilines is 1. The van der Waals surface area contributed by atoms with E-state index in [-0.39, 0.29) is 0 Å². The average Bonchev–Trinajstić information content (AvgIpc) is 3.08. The third-order valence-electron chi connectivity index (χ3n) is 5.07. The van der Waals surface area contributed by atoms with Crippen molar-refractivity contribution < 1.29 is 0 Å². The molecule has 4 nitrogen and oxygen atoms in total. The molecule has 0 bridgehead atoms. The van der Waals surface area contributed by atoms with Gasteiger partial charge in [-0.1, -0.05) is 41.1 Å². The normalized spacial score (nSPS) is 15.2. The first-order valence-corrected chi connectivity index (χ1v) is 10.3. The zero-order valence-corrected chi connectivity index (χ0v) is 16.9. The van der Waals surface area contributed by atoms with Gasteiger partial charge >= 0.3 is 0 Å². The maximum absolute atomic E-state index is 8.93. The van der Waals surface area contributed by atoms with E-state index in [9.17, 15) is 0 Å². The first kappa shape index (κ1) is 18.2. The maximum Gasteiger partial charge on any atom is 0.186 e. The lowest BCUT2D eigenvalue weighted by atomic mass is 10.0. The lowest BCUT2D eigenvalue weighted by Crippen LogP contribution is -2.46. The monoisotopic (exact) mass is 396 g/mol. The number of aryl methyl sites for hydroxylation is 1. The smallest absolute Gasteiger partial charge is 0.186 e. The van der Waals surface area contributed by atoms with Crippen LogP contribution in [-0.2, 0) is 13.0 Å². The molecule has 6 heteroatoms. The Bertz CT molecular complexity index is 999. The third-order valence-corrected chi connectivity index (χ3v) is 6.39. The van der Waals surface area contributed by atoms with Crippen LogP contribution in [-0.4, -0.2) is 36.1 Å². The second-order valence-electron chi connectivity index (χ2n) is 6.97. The fourth-order valence-electron chi connectivity index (χ4n) is 3.46. The predicted octanol–water partition coefficient (Wildman–Crippen LogP) is 4.65. The first-order valence-electron chi connectivity index (χ1n) is 9.11. The predicted molar refractivity (Wildman–Crippen MR) is 113 cm³/mol. The van der Waals surface area contributed by atoms with Gasteiger partial charge in [-0.05, 0) is 41.8 Å². The van der Waals surface area contributed by atoms with E-state index in [4.69, 9.17) is 21.8 Å². The highest BCUT2D eigenvalue weighted by Gasteiger charge is 2.20. The van der Waals surface area contributed by atoms with Crippen LogP contribution in [0, 0.1) is 18.3 Å². The molecular weight excluding hydrogens is 376 g/mol. The van der Waals surface area contributed by atoms with Gasteiger partial charge in [-0.15, -0.1) is 0 Å². The molecule has 138 valence electrons. The Balaban J connectivity index is 1.41. The summed E-state index contributed by atoms with van der Waals surface area (Å²) in [5.41, 5.74) is 4.74. The molecule has 0 radical (unpaired) electrons. The molecule has 0 aliphatic carbocycles. The Morgan fingerprint density at radius 2 is 1.96 bits per heavy atom. The summed E-state index contributed by atoms with van der Waals surface area (Å²) in [6.07, 6.45) is 0.475. The van der Waals surface area contributed by atoms with E-state index in [2.05, 4.69) is 41.0 Å². The lowest BCUT2D eigenvalue weighted by molar-refractivity contribution is 0.249. The second-order valence-corrected chi connectivity index (χ2v) is 8.41. The van der Waals surface area contributed by atoms with Gasteiger partial charge in [0.1, 0.15) is 0 Å². The fourth-order valence-corrected chi connectivity index (χ4v) is 4.75. The van der Waals surface area contributed by atoms with E-state index >= 15 is 0 Å². The van der Waals surface area contributed by atoms with Crippen LogP contribution in [0.5, 0.6) is 0 Å². The minimum absolute atomic E-state index is 0.475. The molecule has 2 aromatic carbocycles. The van der Waals surface area contributed by atoms with Crippen molar-refractivity contribution in [3.8, 4) is 6.07 Å². The van der Waals surface area contributed by atoms with Gasteiger partial charge in [-0.2, -0.15) is 5.26 Å². The van der Waals surface area contributed by atoms with Crippen LogP contribution in [0.3, 0.4) is 0 Å². The van der Waals surface area contributed by atoms with Crippen molar-refractivity contribution >= 4 is 38.3 Å². The van der Waals surface area contributed by atoms with Crippen LogP contribution in [0.2, 0.25) is 5.02 Å². The first-order chi connectivity index (χ1) is 13.1. The fraction of sp³-hybridized carbons (Fsp3) is 0.333. The van der Waals surface area contributed by atoms with E-state index in [1.807, 2.05) is 18.2 Å². The summed E-state index contributed by atoms with van der Waals surface area (Å²) in [5.74, 6) is 0. The Morgan fingerprint density at radius 1 is 1.15 bits per heavy atom. The van der Waals surface area contributed by atoms with Crippen LogP contribution >= 0.6 is 22.9 Å². The number of aromatic nitrogens is 1. The van der Waals surface area contributed by atoms with Crippen molar-refractivity contribution in [2.24, 2.45) is 0 Å². The average molecular weight is 397 g/mol. The molecular formula is C21H21ClN4S. The third kappa shape index (κ3) is 4.08. The number of thiazole rings is 1. The van der Waals surface area contributed by atoms with Crippen LogP contribution in [0.25, 0.3) is 10.2 Å². The quantitative estimate of drug-likeness (QED) is 0.644. The maximum atomic E-state index is 8.93. The molecule has 3 aromatic rings. The number of nitrogens with zero attached hydrogens (tertiary/aromatic N) is 4. The summed E-state index contributed by atoms with van der Waals surface area (Å²) < 4.78 is 1.14. The molecule has 1 aliphatic heterocycles. The van der Waals surface area contributed by atoms with Crippen LogP contribution < -0.4 is 4.90 Å². The van der Waals surface area contributed by atoms with Crippen molar-refractivity contribution in [2.45, 2.75) is 19.9 Å². The van der Waals surface area contributed by atoms with Gasteiger partial charge in [-0.25, -0.2) is 4.98 Å². The van der Waals surface area contributed by atoms with Gasteiger partial charge in [0.05, 0.1) is 22.7 Å². The summed E-state index contributed by atoms with van der Waals surface area (Å²) in [6.45, 7) is 7.06. The molecule has 0 unspecified atom stereocenters. The van der Waals surface area contributed by atoms with E-state index in [0.717, 1.165) is 58.7 Å². The van der Waals surface area contributed by atoms with Crippen molar-refractivity contribution in [1.82, 2.24) is 9.88 Å². The number of hydrogen-bond acceptors (Lipinski definition) is 5. The lowest BCUT2D eigenvalue weighted by Gasteiger charge is -2.34. The summed E-state index contributed by atoms with van der Waals surface area (Å²) in [7, 11) is 0. The molecule has 1 aromatic heterocycles. The Kier molecular flexibility index (Phi) is 5.31. The molecule has 4 rings (SSSR count). The van der Waals surface area contributed by atoms with Gasteiger partial charge < -0.3 is 4.90 Å². The molecule has 1 fully saturated rings. The summed E-state index contributed by atoms with van der Waals surface area (Å²) in [4.78, 5) is 9.62. The molecule has 1 aliphatic rings. The van der Waals surface area contributed by atoms with E-state index in [0.29, 0.717) is 6.42 Å². The van der Waals surface area contributed by atoms with Crippen molar-refractivity contribution in [1.29, 1.82) is 5.26 Å². The Labute approximate surface area is 168 Å². The zero-order valence-electron chi connectivity index (χ0n) is 15.3. The van der Waals surface area contributed by atoms with Crippen molar-refractivity contribution in [2.75, 3.05) is 31.1 Å². The van der Waals surface area contributed by atoms with E-state index < -0.39 is 0 Å². The molecule has 2 heterocycles. The molecule has 0 atom stereocenters. The second kappa shape index (κ2) is 7.85. The van der Waals surface area contributed by atoms with Gasteiger partial charge in [0.15, 0.2) is 5.13 Å². The number of rotatable bonds is 4. The highest BCUT2D eigenvalue weighted by Crippen LogP contribution is 2.31. The van der Waals surface area contributed by atoms with E-state index in [1.165, 1.54) is 11.1 Å². The highest BCUT2D eigenvalue weighted by molar-refractivity contribution is 7.22. The van der Waals surface area contributed by atoms with Crippen LogP contribution in [0.15, 0.2) is 36.4 Å².